The summed E-state index contributed by atoms with van der Waals surface area (Å²) in [5, 5.41) is 12.8. The minimum absolute atomic E-state index is 0.152. The number of aromatic nitrogens is 3. The first-order valence-corrected chi connectivity index (χ1v) is 9.69. The Morgan fingerprint density at radius 2 is 1.88 bits per heavy atom. The highest BCUT2D eigenvalue weighted by atomic mass is 35.5. The summed E-state index contributed by atoms with van der Waals surface area (Å²) in [6, 6.07) is 14.8. The lowest BCUT2D eigenvalue weighted by molar-refractivity contribution is -0.113. The Morgan fingerprint density at radius 3 is 2.58 bits per heavy atom. The quantitative estimate of drug-likeness (QED) is 0.584. The monoisotopic (exact) mass is 406 g/mol. The predicted molar refractivity (Wildman–Crippen MR) is 107 cm³/mol. The Hall–Kier alpha value is -2.02. The molecule has 1 aromatic heterocycles. The van der Waals surface area contributed by atoms with Crippen LogP contribution in [-0.2, 0) is 11.3 Å². The molecule has 8 heteroatoms. The Morgan fingerprint density at radius 1 is 1.12 bits per heavy atom. The fourth-order valence-electron chi connectivity index (χ4n) is 2.38. The molecule has 5 nitrogen and oxygen atoms in total. The van der Waals surface area contributed by atoms with Gasteiger partial charge in [0.2, 0.25) is 5.91 Å². The maximum absolute atomic E-state index is 12.2. The molecule has 0 spiro atoms. The van der Waals surface area contributed by atoms with Gasteiger partial charge >= 0.3 is 0 Å². The Bertz CT molecular complexity index is 915. The zero-order valence-electron chi connectivity index (χ0n) is 13.9. The number of amides is 1. The van der Waals surface area contributed by atoms with Crippen LogP contribution in [0.3, 0.4) is 0 Å². The second-order valence-corrected chi connectivity index (χ2v) is 7.14. The molecule has 26 heavy (non-hydrogen) atoms. The Kier molecular flexibility index (Phi) is 6.19. The van der Waals surface area contributed by atoms with Crippen LogP contribution in [0.4, 0.5) is 5.69 Å². The van der Waals surface area contributed by atoms with Crippen molar-refractivity contribution in [2.45, 2.75) is 18.6 Å². The summed E-state index contributed by atoms with van der Waals surface area (Å²) >= 11 is 13.2. The first-order chi connectivity index (χ1) is 12.6. The van der Waals surface area contributed by atoms with E-state index in [1.54, 1.807) is 18.2 Å². The van der Waals surface area contributed by atoms with Crippen LogP contribution in [0.1, 0.15) is 6.92 Å². The second-order valence-electron chi connectivity index (χ2n) is 5.38. The van der Waals surface area contributed by atoms with Crippen LogP contribution < -0.4 is 5.32 Å². The smallest absolute Gasteiger partial charge is 0.234 e. The normalized spacial score (nSPS) is 10.7. The molecule has 0 fully saturated rings. The third kappa shape index (κ3) is 4.38. The van der Waals surface area contributed by atoms with Crippen molar-refractivity contribution in [2.24, 2.45) is 0 Å². The van der Waals surface area contributed by atoms with Gasteiger partial charge in [0.25, 0.3) is 0 Å². The summed E-state index contributed by atoms with van der Waals surface area (Å²) in [7, 11) is 0. The minimum Gasteiger partial charge on any atom is -0.325 e. The molecule has 0 bridgehead atoms. The number of benzene rings is 2. The number of thioether (sulfide) groups is 1. The summed E-state index contributed by atoms with van der Waals surface area (Å²) in [6.45, 7) is 2.74. The summed E-state index contributed by atoms with van der Waals surface area (Å²) in [5.41, 5.74) is 1.60. The first-order valence-electron chi connectivity index (χ1n) is 7.94. The topological polar surface area (TPSA) is 59.8 Å². The number of hydrogen-bond donors (Lipinski definition) is 1. The zero-order valence-corrected chi connectivity index (χ0v) is 16.3. The molecule has 2 aromatic carbocycles. The number of halogens is 2. The zero-order chi connectivity index (χ0) is 18.5. The maximum Gasteiger partial charge on any atom is 0.234 e. The molecule has 0 aliphatic rings. The predicted octanol–water partition coefficient (Wildman–Crippen LogP) is 5.00. The van der Waals surface area contributed by atoms with Crippen LogP contribution in [0, 0.1) is 0 Å². The molecule has 0 saturated heterocycles. The lowest BCUT2D eigenvalue weighted by Crippen LogP contribution is -2.14. The summed E-state index contributed by atoms with van der Waals surface area (Å²) in [5.74, 6) is 0.855. The van der Waals surface area contributed by atoms with Crippen molar-refractivity contribution >= 4 is 46.6 Å². The van der Waals surface area contributed by atoms with Gasteiger partial charge in [0.05, 0.1) is 15.8 Å². The maximum atomic E-state index is 12.2. The fourth-order valence-corrected chi connectivity index (χ4v) is 3.48. The van der Waals surface area contributed by atoms with Gasteiger partial charge in [-0.3, -0.25) is 4.79 Å². The number of carbonyl (C=O) groups is 1. The molecule has 0 aliphatic carbocycles. The summed E-state index contributed by atoms with van der Waals surface area (Å²) < 4.78 is 1.99. The first kappa shape index (κ1) is 18.8. The molecule has 1 N–H and O–H groups in total. The van der Waals surface area contributed by atoms with Crippen molar-refractivity contribution in [3.63, 3.8) is 0 Å². The van der Waals surface area contributed by atoms with Crippen LogP contribution in [0.5, 0.6) is 0 Å². The fraction of sp³-hybridized carbons (Fsp3) is 0.167. The largest absolute Gasteiger partial charge is 0.325 e. The SMILES string of the molecule is CCn1c(SCC(=O)Nc2ccc(Cl)c(Cl)c2)nnc1-c1ccccc1. The minimum atomic E-state index is -0.152. The van der Waals surface area contributed by atoms with E-state index in [0.717, 1.165) is 11.4 Å². The Labute approximate surface area is 165 Å². The van der Waals surface area contributed by atoms with Crippen molar-refractivity contribution in [2.75, 3.05) is 11.1 Å². The number of nitrogens with zero attached hydrogens (tertiary/aromatic N) is 3. The molecule has 0 radical (unpaired) electrons. The van der Waals surface area contributed by atoms with Crippen molar-refractivity contribution < 1.29 is 4.79 Å². The van der Waals surface area contributed by atoms with Crippen molar-refractivity contribution in [3.8, 4) is 11.4 Å². The van der Waals surface area contributed by atoms with Crippen LogP contribution in [0.25, 0.3) is 11.4 Å². The molecule has 0 atom stereocenters. The Balaban J connectivity index is 1.67. The second kappa shape index (κ2) is 8.58. The highest BCUT2D eigenvalue weighted by Gasteiger charge is 2.14. The highest BCUT2D eigenvalue weighted by Crippen LogP contribution is 2.26. The van der Waals surface area contributed by atoms with Crippen molar-refractivity contribution in [1.29, 1.82) is 0 Å². The van der Waals surface area contributed by atoms with Gasteiger partial charge in [-0.05, 0) is 25.1 Å². The van der Waals surface area contributed by atoms with E-state index in [9.17, 15) is 4.79 Å². The molecule has 134 valence electrons. The van der Waals surface area contributed by atoms with Crippen molar-refractivity contribution in [3.05, 3.63) is 58.6 Å². The molecule has 0 saturated carbocycles. The van der Waals surface area contributed by atoms with Gasteiger partial charge in [0.15, 0.2) is 11.0 Å². The van der Waals surface area contributed by atoms with Gasteiger partial charge in [-0.15, -0.1) is 10.2 Å². The van der Waals surface area contributed by atoms with Gasteiger partial charge in [-0.2, -0.15) is 0 Å². The number of hydrogen-bond acceptors (Lipinski definition) is 4. The molecular weight excluding hydrogens is 391 g/mol. The van der Waals surface area contributed by atoms with E-state index >= 15 is 0 Å². The molecule has 3 rings (SSSR count). The van der Waals surface area contributed by atoms with E-state index in [4.69, 9.17) is 23.2 Å². The van der Waals surface area contributed by atoms with Crippen LogP contribution >= 0.6 is 35.0 Å². The van der Waals surface area contributed by atoms with Crippen LogP contribution in [0.2, 0.25) is 10.0 Å². The van der Waals surface area contributed by atoms with Gasteiger partial charge in [0, 0.05) is 17.8 Å². The molecule has 0 unspecified atom stereocenters. The van der Waals surface area contributed by atoms with E-state index in [1.165, 1.54) is 11.8 Å². The van der Waals surface area contributed by atoms with Crippen LogP contribution in [-0.4, -0.2) is 26.4 Å². The molecular formula is C18H16Cl2N4OS. The number of rotatable bonds is 6. The number of anilines is 1. The van der Waals surface area contributed by atoms with E-state index in [0.29, 0.717) is 27.4 Å². The lowest BCUT2D eigenvalue weighted by Gasteiger charge is -2.08. The highest BCUT2D eigenvalue weighted by molar-refractivity contribution is 7.99. The van der Waals surface area contributed by atoms with Gasteiger partial charge in [-0.25, -0.2) is 0 Å². The van der Waals surface area contributed by atoms with E-state index in [1.807, 2.05) is 41.8 Å². The number of nitrogens with one attached hydrogen (secondary N) is 1. The van der Waals surface area contributed by atoms with Crippen LogP contribution in [0.15, 0.2) is 53.7 Å². The third-order valence-corrected chi connectivity index (χ3v) is 5.31. The molecule has 0 aliphatic heterocycles. The molecule has 1 heterocycles. The van der Waals surface area contributed by atoms with Crippen molar-refractivity contribution in [1.82, 2.24) is 14.8 Å². The molecule has 1 amide bonds. The van der Waals surface area contributed by atoms with Gasteiger partial charge in [-0.1, -0.05) is 65.3 Å². The van der Waals surface area contributed by atoms with E-state index < -0.39 is 0 Å². The third-order valence-electron chi connectivity index (χ3n) is 3.60. The average Bonchev–Trinajstić information content (AvgIpc) is 3.07. The molecule has 3 aromatic rings. The summed E-state index contributed by atoms with van der Waals surface area (Å²) in [4.78, 5) is 12.2. The summed E-state index contributed by atoms with van der Waals surface area (Å²) in [6.07, 6.45) is 0. The van der Waals surface area contributed by atoms with E-state index in [-0.39, 0.29) is 11.7 Å². The average molecular weight is 407 g/mol. The standard InChI is InChI=1S/C18H16Cl2N4OS/c1-2-24-17(12-6-4-3-5-7-12)22-23-18(24)26-11-16(25)21-13-8-9-14(19)15(20)10-13/h3-10H,2,11H2,1H3,(H,21,25). The lowest BCUT2D eigenvalue weighted by atomic mass is 10.2. The van der Waals surface area contributed by atoms with E-state index in [2.05, 4.69) is 15.5 Å². The van der Waals surface area contributed by atoms with Gasteiger partial charge < -0.3 is 9.88 Å². The van der Waals surface area contributed by atoms with Gasteiger partial charge in [0.1, 0.15) is 0 Å². The number of carbonyl (C=O) groups excluding carboxylic acids is 1.